The number of alkyl carbamates (subject to hydrolysis) is 1. The fourth-order valence-electron chi connectivity index (χ4n) is 2.46. The van der Waals surface area contributed by atoms with Gasteiger partial charge < -0.3 is 10.1 Å². The highest BCUT2D eigenvalue weighted by molar-refractivity contribution is 5.68. The Balaban J connectivity index is 1.80. The second-order valence-electron chi connectivity index (χ2n) is 6.50. The van der Waals surface area contributed by atoms with Crippen molar-refractivity contribution >= 4 is 6.09 Å². The third-order valence-corrected chi connectivity index (χ3v) is 3.29. The summed E-state index contributed by atoms with van der Waals surface area (Å²) < 4.78 is 18.4. The van der Waals surface area contributed by atoms with Crippen LogP contribution in [0.2, 0.25) is 0 Å². The summed E-state index contributed by atoms with van der Waals surface area (Å²) in [5.74, 6) is -0.213. The number of rotatable bonds is 3. The smallest absolute Gasteiger partial charge is 0.407 e. The predicted octanol–water partition coefficient (Wildman–Crippen LogP) is 2.92. The highest BCUT2D eigenvalue weighted by Gasteiger charge is 2.26. The van der Waals surface area contributed by atoms with Crippen LogP contribution in [0.4, 0.5) is 9.18 Å². The maximum atomic E-state index is 13.2. The summed E-state index contributed by atoms with van der Waals surface area (Å²) in [5.41, 5.74) is 0.470. The summed E-state index contributed by atoms with van der Waals surface area (Å²) in [6.07, 6.45) is 0.509. The first-order chi connectivity index (χ1) is 9.82. The first-order valence-corrected chi connectivity index (χ1v) is 7.28. The lowest BCUT2D eigenvalue weighted by Crippen LogP contribution is -2.40. The van der Waals surface area contributed by atoms with Crippen molar-refractivity contribution in [1.82, 2.24) is 10.2 Å². The Kier molecular flexibility index (Phi) is 4.83. The molecule has 4 nitrogen and oxygen atoms in total. The van der Waals surface area contributed by atoms with Gasteiger partial charge >= 0.3 is 6.09 Å². The molecule has 1 fully saturated rings. The first-order valence-electron chi connectivity index (χ1n) is 7.28. The molecule has 21 heavy (non-hydrogen) atoms. The van der Waals surface area contributed by atoms with E-state index in [0.29, 0.717) is 6.54 Å². The molecule has 1 aliphatic rings. The summed E-state index contributed by atoms with van der Waals surface area (Å²) in [6.45, 7) is 7.88. The second-order valence-corrected chi connectivity index (χ2v) is 6.50. The Hall–Kier alpha value is -1.62. The number of hydrogen-bond donors (Lipinski definition) is 1. The van der Waals surface area contributed by atoms with Gasteiger partial charge in [-0.1, -0.05) is 12.1 Å². The molecule has 0 bridgehead atoms. The van der Waals surface area contributed by atoms with Crippen molar-refractivity contribution in [3.8, 4) is 0 Å². The molecule has 1 unspecified atom stereocenters. The van der Waals surface area contributed by atoms with Gasteiger partial charge in [0.1, 0.15) is 11.4 Å². The van der Waals surface area contributed by atoms with Crippen molar-refractivity contribution in [2.24, 2.45) is 0 Å². The minimum Gasteiger partial charge on any atom is -0.444 e. The highest BCUT2D eigenvalue weighted by atomic mass is 19.1. The summed E-state index contributed by atoms with van der Waals surface area (Å²) in [7, 11) is 0. The molecule has 1 aliphatic heterocycles. The van der Waals surface area contributed by atoms with E-state index < -0.39 is 5.60 Å². The molecule has 0 radical (unpaired) electrons. The standard InChI is InChI=1S/C16H23FN2O2/c1-16(2,3)21-15(20)18-14-7-8-19(11-14)10-12-5-4-6-13(17)9-12/h4-6,9,14H,7-8,10-11H2,1-3H3,(H,18,20). The first kappa shape index (κ1) is 15.8. The van der Waals surface area contributed by atoms with E-state index in [1.807, 2.05) is 26.8 Å². The molecule has 2 rings (SSSR count). The molecule has 0 aromatic heterocycles. The summed E-state index contributed by atoms with van der Waals surface area (Å²) in [6, 6.07) is 6.72. The summed E-state index contributed by atoms with van der Waals surface area (Å²) >= 11 is 0. The van der Waals surface area contributed by atoms with Gasteiger partial charge in [-0.25, -0.2) is 9.18 Å². The Labute approximate surface area is 125 Å². The van der Waals surface area contributed by atoms with Crippen molar-refractivity contribution in [2.45, 2.75) is 45.4 Å². The van der Waals surface area contributed by atoms with Gasteiger partial charge in [-0.15, -0.1) is 0 Å². The number of carbonyl (C=O) groups is 1. The SMILES string of the molecule is CC(C)(C)OC(=O)NC1CCN(Cc2cccc(F)c2)C1. The normalized spacial score (nSPS) is 19.5. The van der Waals surface area contributed by atoms with Crippen molar-refractivity contribution in [2.75, 3.05) is 13.1 Å². The van der Waals surface area contributed by atoms with E-state index in [1.54, 1.807) is 12.1 Å². The van der Waals surface area contributed by atoms with E-state index in [-0.39, 0.29) is 18.0 Å². The van der Waals surface area contributed by atoms with Gasteiger partial charge in [-0.2, -0.15) is 0 Å². The Morgan fingerprint density at radius 1 is 1.48 bits per heavy atom. The van der Waals surface area contributed by atoms with Crippen molar-refractivity contribution < 1.29 is 13.9 Å². The average molecular weight is 294 g/mol. The second kappa shape index (κ2) is 6.43. The van der Waals surface area contributed by atoms with E-state index in [1.165, 1.54) is 6.07 Å². The maximum absolute atomic E-state index is 13.2. The number of amides is 1. The molecule has 0 saturated carbocycles. The molecule has 1 atom stereocenters. The van der Waals surface area contributed by atoms with E-state index >= 15 is 0 Å². The van der Waals surface area contributed by atoms with E-state index in [4.69, 9.17) is 4.74 Å². The van der Waals surface area contributed by atoms with Crippen LogP contribution in [0.25, 0.3) is 0 Å². The van der Waals surface area contributed by atoms with Crippen LogP contribution in [0, 0.1) is 5.82 Å². The van der Waals surface area contributed by atoms with Crippen molar-refractivity contribution in [1.29, 1.82) is 0 Å². The van der Waals surface area contributed by atoms with Gasteiger partial charge in [0, 0.05) is 25.7 Å². The lowest BCUT2D eigenvalue weighted by molar-refractivity contribution is 0.0506. The summed E-state index contributed by atoms with van der Waals surface area (Å²) in [4.78, 5) is 13.9. The van der Waals surface area contributed by atoms with Gasteiger partial charge in [0.2, 0.25) is 0 Å². The maximum Gasteiger partial charge on any atom is 0.407 e. The minimum absolute atomic E-state index is 0.0911. The van der Waals surface area contributed by atoms with Crippen LogP contribution in [-0.2, 0) is 11.3 Å². The monoisotopic (exact) mass is 294 g/mol. The predicted molar refractivity (Wildman–Crippen MR) is 79.5 cm³/mol. The zero-order valence-corrected chi connectivity index (χ0v) is 12.9. The Morgan fingerprint density at radius 3 is 2.90 bits per heavy atom. The lowest BCUT2D eigenvalue weighted by Gasteiger charge is -2.22. The van der Waals surface area contributed by atoms with Crippen molar-refractivity contribution in [3.05, 3.63) is 35.6 Å². The van der Waals surface area contributed by atoms with Crippen LogP contribution in [-0.4, -0.2) is 35.7 Å². The molecule has 0 spiro atoms. The van der Waals surface area contributed by atoms with E-state index in [2.05, 4.69) is 10.2 Å². The molecule has 1 N–H and O–H groups in total. The number of ether oxygens (including phenoxy) is 1. The van der Waals surface area contributed by atoms with Gasteiger partial charge in [-0.05, 0) is 44.9 Å². The number of nitrogens with zero attached hydrogens (tertiary/aromatic N) is 1. The number of halogens is 1. The molecule has 1 heterocycles. The molecule has 1 saturated heterocycles. The zero-order valence-electron chi connectivity index (χ0n) is 12.9. The molecule has 1 amide bonds. The van der Waals surface area contributed by atoms with Gasteiger partial charge in [0.25, 0.3) is 0 Å². The van der Waals surface area contributed by atoms with Crippen LogP contribution < -0.4 is 5.32 Å². The lowest BCUT2D eigenvalue weighted by atomic mass is 10.2. The van der Waals surface area contributed by atoms with Crippen molar-refractivity contribution in [3.63, 3.8) is 0 Å². The third kappa shape index (κ3) is 5.34. The van der Waals surface area contributed by atoms with Crippen LogP contribution in [0.3, 0.4) is 0 Å². The van der Waals surface area contributed by atoms with Gasteiger partial charge in [-0.3, -0.25) is 4.90 Å². The molecule has 1 aromatic carbocycles. The number of benzene rings is 1. The Bertz CT molecular complexity index is 499. The third-order valence-electron chi connectivity index (χ3n) is 3.29. The number of carbonyl (C=O) groups excluding carboxylic acids is 1. The van der Waals surface area contributed by atoms with Crippen LogP contribution in [0.5, 0.6) is 0 Å². The van der Waals surface area contributed by atoms with Crippen LogP contribution in [0.15, 0.2) is 24.3 Å². The zero-order chi connectivity index (χ0) is 15.5. The number of nitrogens with one attached hydrogen (secondary N) is 1. The molecular formula is C16H23FN2O2. The summed E-state index contributed by atoms with van der Waals surface area (Å²) in [5, 5.41) is 2.89. The fraction of sp³-hybridized carbons (Fsp3) is 0.562. The molecule has 0 aliphatic carbocycles. The largest absolute Gasteiger partial charge is 0.444 e. The van der Waals surface area contributed by atoms with Crippen LogP contribution in [0.1, 0.15) is 32.8 Å². The molecule has 5 heteroatoms. The highest BCUT2D eigenvalue weighted by Crippen LogP contribution is 2.15. The minimum atomic E-state index is -0.482. The fourth-order valence-corrected chi connectivity index (χ4v) is 2.46. The van der Waals surface area contributed by atoms with E-state index in [0.717, 1.165) is 25.1 Å². The quantitative estimate of drug-likeness (QED) is 0.932. The molecule has 116 valence electrons. The van der Waals surface area contributed by atoms with Gasteiger partial charge in [0.05, 0.1) is 0 Å². The topological polar surface area (TPSA) is 41.6 Å². The van der Waals surface area contributed by atoms with E-state index in [9.17, 15) is 9.18 Å². The number of hydrogen-bond acceptors (Lipinski definition) is 3. The average Bonchev–Trinajstić information content (AvgIpc) is 2.73. The van der Waals surface area contributed by atoms with Crippen LogP contribution >= 0.6 is 0 Å². The number of likely N-dealkylation sites (tertiary alicyclic amines) is 1. The molecular weight excluding hydrogens is 271 g/mol. The Morgan fingerprint density at radius 2 is 2.24 bits per heavy atom. The molecule has 1 aromatic rings. The van der Waals surface area contributed by atoms with Gasteiger partial charge in [0.15, 0.2) is 0 Å².